The van der Waals surface area contributed by atoms with E-state index in [9.17, 15) is 0 Å². The number of fused-ring (bicyclic) bond motifs is 6. The average Bonchev–Trinajstić information content (AvgIpc) is 3.61. The summed E-state index contributed by atoms with van der Waals surface area (Å²) in [5.41, 5.74) is 12.6. The van der Waals surface area contributed by atoms with E-state index in [1.165, 1.54) is 28.7 Å². The first-order chi connectivity index (χ1) is 22.2. The van der Waals surface area contributed by atoms with Crippen LogP contribution in [0.25, 0.3) is 5.57 Å². The molecule has 0 saturated heterocycles. The van der Waals surface area contributed by atoms with E-state index in [-0.39, 0.29) is 55.0 Å². The van der Waals surface area contributed by atoms with Gasteiger partial charge in [-0.05, 0) is 0 Å². The van der Waals surface area contributed by atoms with Crippen LogP contribution in [0.5, 0.6) is 0 Å². The molecule has 5 unspecified atom stereocenters. The molecule has 2 aromatic carbocycles. The summed E-state index contributed by atoms with van der Waals surface area (Å²) < 4.78 is 9.00. The summed E-state index contributed by atoms with van der Waals surface area (Å²) in [5, 5.41) is 0. The summed E-state index contributed by atoms with van der Waals surface area (Å²) in [6, 6.07) is 19.2. The Morgan fingerprint density at radius 1 is 0.820 bits per heavy atom. The van der Waals surface area contributed by atoms with Crippen LogP contribution in [0.1, 0.15) is 113 Å². The molecule has 1 fully saturated rings. The first kappa shape index (κ1) is 39.7. The summed E-state index contributed by atoms with van der Waals surface area (Å²) in [6.45, 7) is 33.4. The van der Waals surface area contributed by atoms with E-state index in [1.807, 2.05) is 0 Å². The Labute approximate surface area is 321 Å². The standard InChI is InChI=1S/C29H37.C10H15.C7H7.CH2.2ClH.Zr/c1-18-25-22-17-19-13-9-10-14-20(19)24(22)21-15-11-12-16-23(21)29(25,8)28(6,7)27(4,5)26(18,2)3;1-8-5-6-9(7-8)10(2,3)4;1-7-5-3-2-4-6-7;;;;/h9-11,13-15,23H,12,16-17H2,1-8H3;6-8H,1-4H3;3-6H,1H3;1H2;2*1H;. The van der Waals surface area contributed by atoms with Gasteiger partial charge in [0, 0.05) is 0 Å². The number of aryl methyl sites for hydroxylation is 1. The molecule has 3 heteroatoms. The maximum atomic E-state index is 5.86. The summed E-state index contributed by atoms with van der Waals surface area (Å²) in [5.74, 6) is 0.878. The van der Waals surface area contributed by atoms with Crippen LogP contribution in [0.15, 0.2) is 98.4 Å². The second kappa shape index (κ2) is 12.3. The van der Waals surface area contributed by atoms with Crippen LogP contribution in [0.4, 0.5) is 0 Å². The fourth-order valence-electron chi connectivity index (χ4n) is 11.9. The number of rotatable bonds is 3. The van der Waals surface area contributed by atoms with Crippen LogP contribution in [0.3, 0.4) is 0 Å². The summed E-state index contributed by atoms with van der Waals surface area (Å²) in [4.78, 5) is 0. The first-order valence-corrected chi connectivity index (χ1v) is 24.2. The van der Waals surface area contributed by atoms with Gasteiger partial charge in [0.15, 0.2) is 0 Å². The van der Waals surface area contributed by atoms with Gasteiger partial charge in [-0.15, -0.1) is 24.8 Å². The van der Waals surface area contributed by atoms with E-state index in [2.05, 4.69) is 163 Å². The molecule has 269 valence electrons. The normalized spacial score (nSPS) is 31.2. The molecule has 0 aliphatic heterocycles. The second-order valence-corrected chi connectivity index (χ2v) is 29.0. The predicted molar refractivity (Wildman–Crippen MR) is 221 cm³/mol. The van der Waals surface area contributed by atoms with Crippen LogP contribution in [-0.2, 0) is 26.2 Å². The molecule has 0 amide bonds. The number of benzene rings is 2. The molecule has 0 nitrogen and oxygen atoms in total. The molecule has 0 spiro atoms. The van der Waals surface area contributed by atoms with Crippen molar-refractivity contribution in [3.05, 3.63) is 115 Å². The SMILES string of the molecule is Cl.Cl.[CH2]=[Zr]([C]1=CC(C(C)(C)C)=CC1C)([c]1ccc(C)cc1)[C]1(C)C2=C3Cc4ccccc4C3=C3C=CCCC3C2(C)C(C)(C)C(C)(C)C1(C)C. The zero-order valence-corrected chi connectivity index (χ0v) is 37.3. The third kappa shape index (κ3) is 4.67. The van der Waals surface area contributed by atoms with Crippen molar-refractivity contribution in [1.29, 1.82) is 0 Å². The monoisotopic (exact) mass is 787 g/mol. The number of hydrogen-bond donors (Lipinski definition) is 0. The molecule has 1 saturated carbocycles. The van der Waals surface area contributed by atoms with Gasteiger partial charge in [-0.25, -0.2) is 0 Å². The van der Waals surface area contributed by atoms with Crippen LogP contribution in [0.2, 0.25) is 3.12 Å². The van der Waals surface area contributed by atoms with Gasteiger partial charge in [0.2, 0.25) is 0 Å². The summed E-state index contributed by atoms with van der Waals surface area (Å²) >= 11 is -4.01. The fourth-order valence-corrected chi connectivity index (χ4v) is 26.0. The van der Waals surface area contributed by atoms with Crippen LogP contribution < -0.4 is 3.27 Å². The van der Waals surface area contributed by atoms with Crippen molar-refractivity contribution in [2.45, 2.75) is 112 Å². The Morgan fingerprint density at radius 2 is 1.44 bits per heavy atom. The predicted octanol–water partition coefficient (Wildman–Crippen LogP) is 13.1. The van der Waals surface area contributed by atoms with E-state index >= 15 is 0 Å². The number of hydrogen-bond acceptors (Lipinski definition) is 0. The van der Waals surface area contributed by atoms with E-state index in [0.29, 0.717) is 11.8 Å². The Morgan fingerprint density at radius 3 is 2.04 bits per heavy atom. The van der Waals surface area contributed by atoms with Gasteiger partial charge >= 0.3 is 299 Å². The van der Waals surface area contributed by atoms with Gasteiger partial charge < -0.3 is 0 Å². The molecule has 7 rings (SSSR count). The Bertz CT molecular complexity index is 1930. The number of halogens is 2. The second-order valence-electron chi connectivity index (χ2n) is 19.3. The van der Waals surface area contributed by atoms with Gasteiger partial charge in [-0.1, -0.05) is 0 Å². The van der Waals surface area contributed by atoms with Crippen molar-refractivity contribution in [3.8, 4) is 0 Å². The van der Waals surface area contributed by atoms with Crippen LogP contribution >= 0.6 is 24.8 Å². The van der Waals surface area contributed by atoms with E-state index in [1.54, 1.807) is 28.8 Å². The summed E-state index contributed by atoms with van der Waals surface area (Å²) in [6.07, 6.45) is 13.7. The molecule has 5 atom stereocenters. The van der Waals surface area contributed by atoms with Crippen molar-refractivity contribution in [2.24, 2.45) is 38.9 Å². The third-order valence-corrected chi connectivity index (χ3v) is 29.7. The minimum absolute atomic E-state index is 0. The molecule has 50 heavy (non-hydrogen) atoms. The van der Waals surface area contributed by atoms with Crippen LogP contribution in [-0.4, -0.2) is 4.21 Å². The van der Waals surface area contributed by atoms with Crippen molar-refractivity contribution >= 4 is 37.9 Å². The molecule has 0 heterocycles. The summed E-state index contributed by atoms with van der Waals surface area (Å²) in [7, 11) is 0. The Hall–Kier alpha value is -1.53. The van der Waals surface area contributed by atoms with Gasteiger partial charge in [0.1, 0.15) is 0 Å². The van der Waals surface area contributed by atoms with Crippen molar-refractivity contribution in [2.75, 3.05) is 0 Å². The molecular formula is C47H63Cl2Zr. The van der Waals surface area contributed by atoms with Gasteiger partial charge in [0.05, 0.1) is 0 Å². The van der Waals surface area contributed by atoms with E-state index in [0.717, 1.165) is 12.8 Å². The Kier molecular flexibility index (Phi) is 9.72. The molecule has 0 radical (unpaired) electrons. The molecule has 0 aromatic heterocycles. The van der Waals surface area contributed by atoms with Crippen molar-refractivity contribution in [3.63, 3.8) is 0 Å². The zero-order chi connectivity index (χ0) is 35.0. The zero-order valence-electron chi connectivity index (χ0n) is 33.2. The first-order valence-electron chi connectivity index (χ1n) is 18.8. The molecule has 2 aromatic rings. The topological polar surface area (TPSA) is 0 Å². The molecule has 0 bridgehead atoms. The minimum atomic E-state index is -4.01. The maximum absolute atomic E-state index is 5.86. The number of allylic oxidation sites excluding steroid dienone is 10. The quantitative estimate of drug-likeness (QED) is 0.291. The molecule has 5 aliphatic rings. The molecular weight excluding hydrogens is 727 g/mol. The van der Waals surface area contributed by atoms with Crippen molar-refractivity contribution in [1.82, 2.24) is 0 Å². The van der Waals surface area contributed by atoms with Gasteiger partial charge in [0.25, 0.3) is 0 Å². The van der Waals surface area contributed by atoms with E-state index in [4.69, 9.17) is 4.21 Å². The Balaban J connectivity index is 0.00000243. The molecule has 0 N–H and O–H groups in total. The van der Waals surface area contributed by atoms with Gasteiger partial charge in [-0.2, -0.15) is 0 Å². The third-order valence-electron chi connectivity index (χ3n) is 16.2. The van der Waals surface area contributed by atoms with E-state index < -0.39 is 19.8 Å². The van der Waals surface area contributed by atoms with Crippen LogP contribution in [0, 0.1) is 45.8 Å². The fraction of sp³-hybridized carbons (Fsp3) is 0.511. The van der Waals surface area contributed by atoms with Gasteiger partial charge in [-0.3, -0.25) is 0 Å². The van der Waals surface area contributed by atoms with Crippen molar-refractivity contribution < 1.29 is 19.8 Å². The molecule has 5 aliphatic carbocycles. The average molecular weight is 790 g/mol.